The lowest BCUT2D eigenvalue weighted by Gasteiger charge is -2.20. The number of hydrogen-bond acceptors (Lipinski definition) is 4. The maximum atomic E-state index is 11.9. The minimum Gasteiger partial charge on any atom is -0.489 e. The third-order valence-corrected chi connectivity index (χ3v) is 3.89. The number of carbonyl (C=O) groups is 1. The highest BCUT2D eigenvalue weighted by molar-refractivity contribution is 6.42. The molecular formula is C18H28Cl2N4O3. The average molecular weight is 419 g/mol. The van der Waals surface area contributed by atoms with Gasteiger partial charge in [-0.15, -0.1) is 0 Å². The van der Waals surface area contributed by atoms with Crippen molar-refractivity contribution in [1.82, 2.24) is 16.0 Å². The van der Waals surface area contributed by atoms with Crippen molar-refractivity contribution in [2.45, 2.75) is 39.3 Å². The van der Waals surface area contributed by atoms with E-state index in [-0.39, 0.29) is 31.1 Å². The van der Waals surface area contributed by atoms with Gasteiger partial charge in [-0.25, -0.2) is 4.99 Å². The van der Waals surface area contributed by atoms with Crippen LogP contribution in [0.3, 0.4) is 0 Å². The summed E-state index contributed by atoms with van der Waals surface area (Å²) in [5.41, 5.74) is -0.312. The Hall–Kier alpha value is -1.70. The van der Waals surface area contributed by atoms with Gasteiger partial charge < -0.3 is 25.8 Å². The molecule has 0 saturated heterocycles. The summed E-state index contributed by atoms with van der Waals surface area (Å²) in [4.78, 5) is 16.1. The molecule has 0 aliphatic rings. The molecule has 1 atom stereocenters. The largest absolute Gasteiger partial charge is 0.489 e. The molecule has 0 aliphatic heterocycles. The Balaban J connectivity index is 2.49. The van der Waals surface area contributed by atoms with Crippen LogP contribution >= 0.6 is 23.2 Å². The Bertz CT molecular complexity index is 648. The summed E-state index contributed by atoms with van der Waals surface area (Å²) in [6, 6.07) is 5.05. The van der Waals surface area contributed by atoms with E-state index in [1.54, 1.807) is 18.2 Å². The van der Waals surface area contributed by atoms with Gasteiger partial charge in [-0.1, -0.05) is 29.3 Å². The molecule has 4 N–H and O–H groups in total. The topological polar surface area (TPSA) is 95.0 Å². The van der Waals surface area contributed by atoms with Crippen LogP contribution < -0.4 is 20.7 Å². The van der Waals surface area contributed by atoms with E-state index in [4.69, 9.17) is 27.9 Å². The van der Waals surface area contributed by atoms with Crippen LogP contribution in [0.2, 0.25) is 10.0 Å². The molecule has 1 amide bonds. The third-order valence-electron chi connectivity index (χ3n) is 3.09. The van der Waals surface area contributed by atoms with Crippen molar-refractivity contribution >= 4 is 35.1 Å². The maximum absolute atomic E-state index is 11.9. The second-order valence-electron chi connectivity index (χ2n) is 6.89. The molecule has 0 aliphatic carbocycles. The second-order valence-corrected chi connectivity index (χ2v) is 7.68. The number of carbonyl (C=O) groups excluding carboxylic acids is 1. The summed E-state index contributed by atoms with van der Waals surface area (Å²) in [5, 5.41) is 19.6. The summed E-state index contributed by atoms with van der Waals surface area (Å²) in [6.45, 7) is 8.44. The Morgan fingerprint density at radius 3 is 2.63 bits per heavy atom. The summed E-state index contributed by atoms with van der Waals surface area (Å²) < 4.78 is 5.49. The zero-order chi connectivity index (χ0) is 20.4. The fraction of sp³-hybridized carbons (Fsp3) is 0.556. The van der Waals surface area contributed by atoms with Gasteiger partial charge in [0.15, 0.2) is 5.96 Å². The van der Waals surface area contributed by atoms with Gasteiger partial charge in [-0.05, 0) is 39.8 Å². The molecule has 0 fully saturated rings. The van der Waals surface area contributed by atoms with Crippen molar-refractivity contribution < 1.29 is 14.6 Å². The molecule has 1 aromatic carbocycles. The predicted octanol–water partition coefficient (Wildman–Crippen LogP) is 2.20. The van der Waals surface area contributed by atoms with Crippen molar-refractivity contribution in [3.63, 3.8) is 0 Å². The molecule has 0 saturated carbocycles. The van der Waals surface area contributed by atoms with Gasteiger partial charge in [0.25, 0.3) is 0 Å². The Labute approximate surface area is 170 Å². The number of nitrogens with one attached hydrogen (secondary N) is 3. The number of halogens is 2. The fourth-order valence-electron chi connectivity index (χ4n) is 2.01. The highest BCUT2D eigenvalue weighted by Gasteiger charge is 2.14. The lowest BCUT2D eigenvalue weighted by Crippen LogP contribution is -2.44. The molecule has 0 aromatic heterocycles. The molecular weight excluding hydrogens is 391 g/mol. The predicted molar refractivity (Wildman–Crippen MR) is 110 cm³/mol. The second kappa shape index (κ2) is 11.2. The van der Waals surface area contributed by atoms with Crippen molar-refractivity contribution in [3.8, 4) is 5.75 Å². The van der Waals surface area contributed by atoms with Gasteiger partial charge >= 0.3 is 0 Å². The molecule has 1 unspecified atom stereocenters. The lowest BCUT2D eigenvalue weighted by atomic mass is 10.1. The van der Waals surface area contributed by atoms with Crippen molar-refractivity contribution in [2.24, 2.45) is 4.99 Å². The minimum atomic E-state index is -0.813. The molecule has 152 valence electrons. The van der Waals surface area contributed by atoms with E-state index in [2.05, 4.69) is 20.9 Å². The van der Waals surface area contributed by atoms with E-state index >= 15 is 0 Å². The highest BCUT2D eigenvalue weighted by atomic mass is 35.5. The summed E-state index contributed by atoms with van der Waals surface area (Å²) in [5.74, 6) is 0.656. The molecule has 27 heavy (non-hydrogen) atoms. The van der Waals surface area contributed by atoms with Gasteiger partial charge in [0, 0.05) is 18.6 Å². The number of aliphatic imine (C=N–C) groups is 1. The molecule has 7 nitrogen and oxygen atoms in total. The van der Waals surface area contributed by atoms with E-state index in [1.807, 2.05) is 27.7 Å². The third kappa shape index (κ3) is 9.70. The van der Waals surface area contributed by atoms with Gasteiger partial charge in [0.05, 0.1) is 5.02 Å². The standard InChI is InChI=1S/C18H28Cl2N4O3/c1-5-21-17(23-10-15(26)24-18(2,3)4)22-9-12(25)11-27-14-8-6-7-13(19)16(14)20/h6-8,12,25H,5,9-11H2,1-4H3,(H,24,26)(H2,21,22,23). The number of aliphatic hydroxyl groups is 1. The van der Waals surface area contributed by atoms with Crippen molar-refractivity contribution in [3.05, 3.63) is 28.2 Å². The van der Waals surface area contributed by atoms with E-state index in [0.29, 0.717) is 28.3 Å². The quantitative estimate of drug-likeness (QED) is 0.383. The van der Waals surface area contributed by atoms with Gasteiger partial charge in [-0.2, -0.15) is 0 Å². The number of amides is 1. The number of benzene rings is 1. The van der Waals surface area contributed by atoms with Crippen LogP contribution in [0.1, 0.15) is 27.7 Å². The molecule has 0 radical (unpaired) electrons. The van der Waals surface area contributed by atoms with Crippen LogP contribution in [-0.4, -0.2) is 54.9 Å². The van der Waals surface area contributed by atoms with Crippen molar-refractivity contribution in [1.29, 1.82) is 0 Å². The van der Waals surface area contributed by atoms with Crippen LogP contribution in [0, 0.1) is 0 Å². The number of aliphatic hydroxyl groups excluding tert-OH is 1. The summed E-state index contributed by atoms with van der Waals surface area (Å²) in [6.07, 6.45) is -0.813. The zero-order valence-corrected chi connectivity index (χ0v) is 17.6. The Kier molecular flexibility index (Phi) is 9.69. The first-order valence-corrected chi connectivity index (χ1v) is 9.46. The summed E-state index contributed by atoms with van der Waals surface area (Å²) >= 11 is 12.0. The Morgan fingerprint density at radius 2 is 2.00 bits per heavy atom. The fourth-order valence-corrected chi connectivity index (χ4v) is 2.35. The van der Waals surface area contributed by atoms with Gasteiger partial charge in [0.2, 0.25) is 5.91 Å². The SMILES string of the molecule is CCNC(=NCC(=O)NC(C)(C)C)NCC(O)COc1cccc(Cl)c1Cl. The van der Waals surface area contributed by atoms with E-state index in [9.17, 15) is 9.90 Å². The van der Waals surface area contributed by atoms with Crippen LogP contribution in [0.25, 0.3) is 0 Å². The zero-order valence-electron chi connectivity index (χ0n) is 16.1. The first kappa shape index (κ1) is 23.3. The van der Waals surface area contributed by atoms with Crippen LogP contribution in [-0.2, 0) is 4.79 Å². The molecule has 0 bridgehead atoms. The molecule has 1 aromatic rings. The lowest BCUT2D eigenvalue weighted by molar-refractivity contribution is -0.121. The van der Waals surface area contributed by atoms with E-state index in [0.717, 1.165) is 0 Å². The van der Waals surface area contributed by atoms with Crippen LogP contribution in [0.15, 0.2) is 23.2 Å². The molecule has 0 heterocycles. The van der Waals surface area contributed by atoms with Crippen molar-refractivity contribution in [2.75, 3.05) is 26.2 Å². The van der Waals surface area contributed by atoms with Crippen LogP contribution in [0.4, 0.5) is 0 Å². The van der Waals surface area contributed by atoms with E-state index in [1.165, 1.54) is 0 Å². The first-order chi connectivity index (χ1) is 12.6. The first-order valence-electron chi connectivity index (χ1n) is 8.70. The molecule has 0 spiro atoms. The van der Waals surface area contributed by atoms with Crippen LogP contribution in [0.5, 0.6) is 5.75 Å². The number of rotatable bonds is 8. The number of guanidine groups is 1. The normalized spacial score (nSPS) is 13.1. The van der Waals surface area contributed by atoms with Gasteiger partial charge in [0.1, 0.15) is 30.0 Å². The summed E-state index contributed by atoms with van der Waals surface area (Å²) in [7, 11) is 0. The Morgan fingerprint density at radius 1 is 1.30 bits per heavy atom. The smallest absolute Gasteiger partial charge is 0.242 e. The number of ether oxygens (including phenoxy) is 1. The number of hydrogen-bond donors (Lipinski definition) is 4. The highest BCUT2D eigenvalue weighted by Crippen LogP contribution is 2.31. The number of nitrogens with zero attached hydrogens (tertiary/aromatic N) is 1. The minimum absolute atomic E-state index is 0.0165. The van der Waals surface area contributed by atoms with E-state index < -0.39 is 6.10 Å². The maximum Gasteiger partial charge on any atom is 0.242 e. The average Bonchev–Trinajstić information content (AvgIpc) is 2.57. The monoisotopic (exact) mass is 418 g/mol. The molecule has 9 heteroatoms. The molecule has 1 rings (SSSR count). The van der Waals surface area contributed by atoms with Gasteiger partial charge in [-0.3, -0.25) is 4.79 Å².